The highest BCUT2D eigenvalue weighted by atomic mass is 19.4. The van der Waals surface area contributed by atoms with Gasteiger partial charge in [-0.15, -0.1) is 0 Å². The zero-order chi connectivity index (χ0) is 25.1. The lowest BCUT2D eigenvalue weighted by Crippen LogP contribution is -2.35. The first-order chi connectivity index (χ1) is 17.4. The van der Waals surface area contributed by atoms with Crippen LogP contribution in [0, 0.1) is 0 Å². The van der Waals surface area contributed by atoms with Gasteiger partial charge >= 0.3 is 6.18 Å². The Morgan fingerprint density at radius 2 is 1.69 bits per heavy atom. The van der Waals surface area contributed by atoms with E-state index in [1.807, 2.05) is 71.4 Å². The molecule has 2 heterocycles. The van der Waals surface area contributed by atoms with E-state index in [4.69, 9.17) is 0 Å². The molecule has 1 amide bonds. The van der Waals surface area contributed by atoms with Crippen molar-refractivity contribution in [2.45, 2.75) is 50.9 Å². The Morgan fingerprint density at radius 1 is 1.00 bits per heavy atom. The summed E-state index contributed by atoms with van der Waals surface area (Å²) in [4.78, 5) is 17.7. The second kappa shape index (κ2) is 10.0. The Kier molecular flexibility index (Phi) is 6.63. The molecule has 36 heavy (non-hydrogen) atoms. The van der Waals surface area contributed by atoms with Crippen LogP contribution in [-0.4, -0.2) is 25.2 Å². The van der Waals surface area contributed by atoms with Gasteiger partial charge in [0.25, 0.3) is 0 Å². The average molecular weight is 494 g/mol. The van der Waals surface area contributed by atoms with Crippen LogP contribution in [0.5, 0.6) is 0 Å². The van der Waals surface area contributed by atoms with Crippen LogP contribution in [0.3, 0.4) is 0 Å². The van der Waals surface area contributed by atoms with Crippen molar-refractivity contribution in [1.82, 2.24) is 24.6 Å². The highest BCUT2D eigenvalue weighted by Crippen LogP contribution is 2.35. The van der Waals surface area contributed by atoms with Crippen molar-refractivity contribution >= 4 is 5.91 Å². The van der Waals surface area contributed by atoms with Gasteiger partial charge in [0.2, 0.25) is 5.91 Å². The zero-order valence-corrected chi connectivity index (χ0v) is 19.6. The molecule has 0 spiro atoms. The summed E-state index contributed by atoms with van der Waals surface area (Å²) in [5.41, 5.74) is 1.76. The molecule has 1 N–H and O–H groups in total. The molecule has 0 saturated heterocycles. The Morgan fingerprint density at radius 3 is 2.42 bits per heavy atom. The highest BCUT2D eigenvalue weighted by molar-refractivity contribution is 5.76. The maximum Gasteiger partial charge on any atom is 0.435 e. The van der Waals surface area contributed by atoms with E-state index in [2.05, 4.69) is 15.4 Å². The van der Waals surface area contributed by atoms with Crippen LogP contribution in [0.25, 0.3) is 5.69 Å². The maximum atomic E-state index is 13.6. The SMILES string of the molecule is O=C(Cn1nc(C(F)(F)F)c2c1CCCC2)NC(Cc1ccccc1)c1nccn1-c1ccccc1. The molecule has 2 aromatic carbocycles. The van der Waals surface area contributed by atoms with Crippen LogP contribution in [0.2, 0.25) is 0 Å². The number of rotatable bonds is 7. The first kappa shape index (κ1) is 23.8. The van der Waals surface area contributed by atoms with E-state index >= 15 is 0 Å². The quantitative estimate of drug-likeness (QED) is 0.391. The number of carbonyl (C=O) groups excluding carboxylic acids is 1. The number of amides is 1. The Balaban J connectivity index is 1.43. The number of benzene rings is 2. The molecule has 0 saturated carbocycles. The lowest BCUT2D eigenvalue weighted by molar-refractivity contribution is -0.142. The molecule has 2 aromatic heterocycles. The second-order valence-corrected chi connectivity index (χ2v) is 8.94. The number of nitrogens with one attached hydrogen (secondary N) is 1. The van der Waals surface area contributed by atoms with Gasteiger partial charge in [0.1, 0.15) is 12.4 Å². The molecule has 186 valence electrons. The number of carbonyl (C=O) groups is 1. The van der Waals surface area contributed by atoms with Gasteiger partial charge in [-0.3, -0.25) is 9.48 Å². The van der Waals surface area contributed by atoms with E-state index in [-0.39, 0.29) is 12.1 Å². The van der Waals surface area contributed by atoms with Crippen molar-refractivity contribution in [1.29, 1.82) is 0 Å². The summed E-state index contributed by atoms with van der Waals surface area (Å²) in [7, 11) is 0. The van der Waals surface area contributed by atoms with Crippen LogP contribution in [0.1, 0.15) is 47.2 Å². The Labute approximate surface area is 206 Å². The highest BCUT2D eigenvalue weighted by Gasteiger charge is 2.39. The molecule has 1 aliphatic carbocycles. The van der Waals surface area contributed by atoms with Gasteiger partial charge in [-0.25, -0.2) is 4.98 Å². The smallest absolute Gasteiger partial charge is 0.344 e. The molecule has 1 atom stereocenters. The molecule has 1 unspecified atom stereocenters. The molecule has 0 bridgehead atoms. The minimum Gasteiger partial charge on any atom is -0.344 e. The minimum atomic E-state index is -4.54. The summed E-state index contributed by atoms with van der Waals surface area (Å²) in [6, 6.07) is 18.9. The molecular weight excluding hydrogens is 467 g/mol. The molecular formula is C27H26F3N5O. The number of aromatic nitrogens is 4. The summed E-state index contributed by atoms with van der Waals surface area (Å²) in [5, 5.41) is 6.85. The summed E-state index contributed by atoms with van der Waals surface area (Å²) >= 11 is 0. The van der Waals surface area contributed by atoms with E-state index in [0.717, 1.165) is 17.7 Å². The Hall–Kier alpha value is -3.88. The van der Waals surface area contributed by atoms with Crippen molar-refractivity contribution in [2.24, 2.45) is 0 Å². The fourth-order valence-corrected chi connectivity index (χ4v) is 4.84. The molecule has 0 radical (unpaired) electrons. The molecule has 0 aliphatic heterocycles. The topological polar surface area (TPSA) is 64.7 Å². The van der Waals surface area contributed by atoms with Gasteiger partial charge in [0, 0.05) is 29.3 Å². The van der Waals surface area contributed by atoms with Crippen molar-refractivity contribution in [3.05, 3.63) is 101 Å². The first-order valence-electron chi connectivity index (χ1n) is 12.0. The first-order valence-corrected chi connectivity index (χ1v) is 12.0. The standard InChI is InChI=1S/C27H26F3N5O/c28-27(29,30)25-21-13-7-8-14-23(21)35(33-25)18-24(36)32-22(17-19-9-3-1-4-10-19)26-31-15-16-34(26)20-11-5-2-6-12-20/h1-6,9-12,15-16,22H,7-8,13-14,17-18H2,(H,32,36). The van der Waals surface area contributed by atoms with Crippen molar-refractivity contribution in [2.75, 3.05) is 0 Å². The fourth-order valence-electron chi connectivity index (χ4n) is 4.84. The summed E-state index contributed by atoms with van der Waals surface area (Å²) < 4.78 is 43.9. The van der Waals surface area contributed by atoms with Gasteiger partial charge in [-0.2, -0.15) is 18.3 Å². The largest absolute Gasteiger partial charge is 0.435 e. The van der Waals surface area contributed by atoms with E-state index in [9.17, 15) is 18.0 Å². The molecule has 1 aliphatic rings. The van der Waals surface area contributed by atoms with Gasteiger partial charge in [-0.1, -0.05) is 48.5 Å². The molecule has 4 aromatic rings. The number of hydrogen-bond acceptors (Lipinski definition) is 3. The number of halogens is 3. The number of hydrogen-bond donors (Lipinski definition) is 1. The van der Waals surface area contributed by atoms with Crippen LogP contribution in [0.15, 0.2) is 73.1 Å². The van der Waals surface area contributed by atoms with Crippen LogP contribution < -0.4 is 5.32 Å². The maximum absolute atomic E-state index is 13.6. The van der Waals surface area contributed by atoms with Gasteiger partial charge in [-0.05, 0) is 49.8 Å². The van der Waals surface area contributed by atoms with Crippen LogP contribution in [-0.2, 0) is 36.8 Å². The van der Waals surface area contributed by atoms with Crippen molar-refractivity contribution in [3.63, 3.8) is 0 Å². The van der Waals surface area contributed by atoms with Crippen molar-refractivity contribution in [3.8, 4) is 5.69 Å². The summed E-state index contributed by atoms with van der Waals surface area (Å²) in [6.45, 7) is -0.282. The predicted molar refractivity (Wildman–Crippen MR) is 128 cm³/mol. The third-order valence-corrected chi connectivity index (χ3v) is 6.45. The number of nitrogens with zero attached hydrogens (tertiary/aromatic N) is 4. The van der Waals surface area contributed by atoms with Crippen molar-refractivity contribution < 1.29 is 18.0 Å². The van der Waals surface area contributed by atoms with Gasteiger partial charge in [0.15, 0.2) is 5.69 Å². The molecule has 6 nitrogen and oxygen atoms in total. The normalized spacial score (nSPS) is 14.3. The summed E-state index contributed by atoms with van der Waals surface area (Å²) in [6.07, 6.45) is 1.72. The molecule has 9 heteroatoms. The lowest BCUT2D eigenvalue weighted by atomic mass is 9.95. The fraction of sp³-hybridized carbons (Fsp3) is 0.296. The Bertz CT molecular complexity index is 1330. The van der Waals surface area contributed by atoms with Crippen LogP contribution >= 0.6 is 0 Å². The number of imidazole rings is 1. The zero-order valence-electron chi connectivity index (χ0n) is 19.6. The predicted octanol–water partition coefficient (Wildman–Crippen LogP) is 5.07. The second-order valence-electron chi connectivity index (χ2n) is 8.94. The van der Waals surface area contributed by atoms with Crippen LogP contribution in [0.4, 0.5) is 13.2 Å². The van der Waals surface area contributed by atoms with Gasteiger partial charge < -0.3 is 9.88 Å². The minimum absolute atomic E-state index is 0.224. The number of fused-ring (bicyclic) bond motifs is 1. The monoisotopic (exact) mass is 493 g/mol. The number of para-hydroxylation sites is 1. The molecule has 0 fully saturated rings. The van der Waals surface area contributed by atoms with E-state index < -0.39 is 23.8 Å². The average Bonchev–Trinajstić information content (AvgIpc) is 3.50. The van der Waals surface area contributed by atoms with E-state index in [1.54, 1.807) is 6.20 Å². The third-order valence-electron chi connectivity index (χ3n) is 6.45. The van der Waals surface area contributed by atoms with Gasteiger partial charge in [0.05, 0.1) is 6.04 Å². The third kappa shape index (κ3) is 5.05. The number of alkyl halides is 3. The van der Waals surface area contributed by atoms with E-state index in [0.29, 0.717) is 37.2 Å². The molecule has 5 rings (SSSR count). The lowest BCUT2D eigenvalue weighted by Gasteiger charge is -2.21. The van der Waals surface area contributed by atoms with E-state index in [1.165, 1.54) is 4.68 Å². The summed E-state index contributed by atoms with van der Waals surface area (Å²) in [5.74, 6) is 0.222.